The van der Waals surface area contributed by atoms with Crippen LogP contribution in [-0.4, -0.2) is 39.0 Å². The van der Waals surface area contributed by atoms with E-state index in [1.807, 2.05) is 17.7 Å². The molecule has 1 aliphatic heterocycles. The highest BCUT2D eigenvalue weighted by Gasteiger charge is 2.26. The predicted molar refractivity (Wildman–Crippen MR) is 99.2 cm³/mol. The average molecular weight is 354 g/mol. The molecule has 7 heteroatoms. The Morgan fingerprint density at radius 1 is 1.15 bits per heavy atom. The Kier molecular flexibility index (Phi) is 4.61. The number of primary amides is 1. The van der Waals surface area contributed by atoms with E-state index in [0.29, 0.717) is 23.3 Å². The van der Waals surface area contributed by atoms with Crippen molar-refractivity contribution in [3.05, 3.63) is 35.3 Å². The Labute approximate surface area is 153 Å². The van der Waals surface area contributed by atoms with Gasteiger partial charge >= 0.3 is 0 Å². The van der Waals surface area contributed by atoms with Crippen LogP contribution in [-0.2, 0) is 0 Å². The number of nitrogens with zero attached hydrogens (tertiary/aromatic N) is 5. The number of carbonyl (C=O) groups excluding carboxylic acids is 1. The second kappa shape index (κ2) is 7.05. The molecule has 0 aromatic carbocycles. The minimum absolute atomic E-state index is 0.357. The van der Waals surface area contributed by atoms with Crippen LogP contribution < -0.4 is 10.6 Å². The number of piperidine rings is 1. The van der Waals surface area contributed by atoms with Crippen LogP contribution in [0.15, 0.2) is 18.3 Å². The van der Waals surface area contributed by atoms with Gasteiger partial charge in [-0.2, -0.15) is 0 Å². The molecule has 7 nitrogen and oxygen atoms in total. The fourth-order valence-corrected chi connectivity index (χ4v) is 4.20. The molecule has 2 aromatic heterocycles. The maximum Gasteiger partial charge on any atom is 0.252 e. The first-order valence-corrected chi connectivity index (χ1v) is 9.56. The minimum Gasteiger partial charge on any atom is -0.365 e. The Balaban J connectivity index is 1.45. The van der Waals surface area contributed by atoms with Gasteiger partial charge in [0.05, 0.1) is 17.3 Å². The summed E-state index contributed by atoms with van der Waals surface area (Å²) in [5.41, 5.74) is 8.07. The lowest BCUT2D eigenvalue weighted by atomic mass is 10.0. The molecule has 1 saturated carbocycles. The summed E-state index contributed by atoms with van der Waals surface area (Å²) in [6.07, 6.45) is 9.17. The van der Waals surface area contributed by atoms with Gasteiger partial charge in [-0.3, -0.25) is 4.79 Å². The van der Waals surface area contributed by atoms with E-state index in [1.54, 1.807) is 6.07 Å². The van der Waals surface area contributed by atoms with Crippen LogP contribution >= 0.6 is 0 Å². The molecule has 4 rings (SSSR count). The third kappa shape index (κ3) is 3.30. The summed E-state index contributed by atoms with van der Waals surface area (Å²) in [6.45, 7) is 3.60. The molecule has 1 amide bonds. The van der Waals surface area contributed by atoms with Gasteiger partial charge in [-0.15, -0.1) is 5.10 Å². The molecule has 2 aromatic rings. The van der Waals surface area contributed by atoms with Crippen LogP contribution in [0.5, 0.6) is 0 Å². The van der Waals surface area contributed by atoms with Crippen LogP contribution in [0.4, 0.5) is 5.82 Å². The molecule has 0 radical (unpaired) electrons. The van der Waals surface area contributed by atoms with Crippen LogP contribution in [0.1, 0.15) is 72.2 Å². The van der Waals surface area contributed by atoms with Crippen molar-refractivity contribution in [2.24, 2.45) is 5.73 Å². The SMILES string of the molecule is Cc1ccc(C(N)=O)c(N2CCC(n3cc(C4CCCC4)nn3)CC2)n1. The highest BCUT2D eigenvalue weighted by Crippen LogP contribution is 2.34. The minimum atomic E-state index is -0.424. The zero-order chi connectivity index (χ0) is 18.1. The van der Waals surface area contributed by atoms with Crippen molar-refractivity contribution in [3.63, 3.8) is 0 Å². The third-order valence-corrected chi connectivity index (χ3v) is 5.72. The third-order valence-electron chi connectivity index (χ3n) is 5.72. The first-order valence-electron chi connectivity index (χ1n) is 9.56. The molecule has 0 spiro atoms. The number of hydrogen-bond donors (Lipinski definition) is 1. The summed E-state index contributed by atoms with van der Waals surface area (Å²) in [5.74, 6) is 0.881. The number of aryl methyl sites for hydroxylation is 1. The van der Waals surface area contributed by atoms with E-state index < -0.39 is 5.91 Å². The lowest BCUT2D eigenvalue weighted by Gasteiger charge is -2.33. The summed E-state index contributed by atoms with van der Waals surface area (Å²) < 4.78 is 2.05. The predicted octanol–water partition coefficient (Wildman–Crippen LogP) is 2.58. The number of carbonyl (C=O) groups is 1. The average Bonchev–Trinajstić information content (AvgIpc) is 3.33. The lowest BCUT2D eigenvalue weighted by molar-refractivity contribution is 0.100. The number of pyridine rings is 1. The number of aromatic nitrogens is 4. The van der Waals surface area contributed by atoms with Gasteiger partial charge < -0.3 is 10.6 Å². The Morgan fingerprint density at radius 2 is 1.88 bits per heavy atom. The van der Waals surface area contributed by atoms with Crippen molar-refractivity contribution in [3.8, 4) is 0 Å². The molecule has 2 fully saturated rings. The van der Waals surface area contributed by atoms with E-state index in [9.17, 15) is 4.79 Å². The first kappa shape index (κ1) is 17.0. The standard InChI is InChI=1S/C19H26N6O/c1-13-6-7-16(18(20)26)19(21-13)24-10-8-15(9-11-24)25-12-17(22-23-25)14-4-2-3-5-14/h6-7,12,14-15H,2-5,8-11H2,1H3,(H2,20,26). The van der Waals surface area contributed by atoms with Gasteiger partial charge in [0.2, 0.25) is 0 Å². The number of hydrogen-bond acceptors (Lipinski definition) is 5. The monoisotopic (exact) mass is 354 g/mol. The van der Waals surface area contributed by atoms with E-state index in [4.69, 9.17) is 5.73 Å². The molecule has 138 valence electrons. The highest BCUT2D eigenvalue weighted by atomic mass is 16.1. The topological polar surface area (TPSA) is 89.9 Å². The molecule has 0 atom stereocenters. The fraction of sp³-hybridized carbons (Fsp3) is 0.579. The smallest absolute Gasteiger partial charge is 0.252 e. The maximum atomic E-state index is 11.7. The zero-order valence-corrected chi connectivity index (χ0v) is 15.3. The largest absolute Gasteiger partial charge is 0.365 e. The summed E-state index contributed by atoms with van der Waals surface area (Å²) >= 11 is 0. The number of amides is 1. The molecule has 3 heterocycles. The van der Waals surface area contributed by atoms with Gasteiger partial charge in [0.15, 0.2) is 0 Å². The highest BCUT2D eigenvalue weighted by molar-refractivity contribution is 5.97. The molecule has 1 saturated heterocycles. The van der Waals surface area contributed by atoms with E-state index in [0.717, 1.165) is 37.3 Å². The summed E-state index contributed by atoms with van der Waals surface area (Å²) in [4.78, 5) is 18.5. The summed E-state index contributed by atoms with van der Waals surface area (Å²) in [7, 11) is 0. The normalized spacial score (nSPS) is 19.2. The van der Waals surface area contributed by atoms with Crippen molar-refractivity contribution in [2.45, 2.75) is 57.4 Å². The fourth-order valence-electron chi connectivity index (χ4n) is 4.20. The maximum absolute atomic E-state index is 11.7. The van der Waals surface area contributed by atoms with Crippen LogP contribution in [0, 0.1) is 6.92 Å². The van der Waals surface area contributed by atoms with Crippen molar-refractivity contribution < 1.29 is 4.79 Å². The number of rotatable bonds is 4. The van der Waals surface area contributed by atoms with E-state index in [2.05, 4.69) is 26.4 Å². The Bertz CT molecular complexity index is 787. The number of nitrogens with two attached hydrogens (primary N) is 1. The molecule has 2 aliphatic rings. The molecule has 1 aliphatic carbocycles. The van der Waals surface area contributed by atoms with Gasteiger partial charge in [0, 0.05) is 30.9 Å². The molecular formula is C19H26N6O. The molecule has 0 unspecified atom stereocenters. The first-order chi connectivity index (χ1) is 12.6. The van der Waals surface area contributed by atoms with Gasteiger partial charge in [-0.25, -0.2) is 9.67 Å². The summed E-state index contributed by atoms with van der Waals surface area (Å²) in [6, 6.07) is 3.96. The van der Waals surface area contributed by atoms with Gasteiger partial charge in [-0.1, -0.05) is 18.1 Å². The van der Waals surface area contributed by atoms with Gasteiger partial charge in [-0.05, 0) is 44.7 Å². The van der Waals surface area contributed by atoms with Gasteiger partial charge in [0.1, 0.15) is 5.82 Å². The van der Waals surface area contributed by atoms with Crippen molar-refractivity contribution in [1.29, 1.82) is 0 Å². The number of anilines is 1. The van der Waals surface area contributed by atoms with Crippen molar-refractivity contribution >= 4 is 11.7 Å². The summed E-state index contributed by atoms with van der Waals surface area (Å²) in [5, 5.41) is 8.83. The second-order valence-corrected chi connectivity index (χ2v) is 7.51. The van der Waals surface area contributed by atoms with Crippen molar-refractivity contribution in [2.75, 3.05) is 18.0 Å². The van der Waals surface area contributed by atoms with Crippen LogP contribution in [0.25, 0.3) is 0 Å². The molecule has 0 bridgehead atoms. The van der Waals surface area contributed by atoms with Crippen LogP contribution in [0.3, 0.4) is 0 Å². The van der Waals surface area contributed by atoms with Crippen LogP contribution in [0.2, 0.25) is 0 Å². The molecule has 26 heavy (non-hydrogen) atoms. The Morgan fingerprint density at radius 3 is 2.58 bits per heavy atom. The lowest BCUT2D eigenvalue weighted by Crippen LogP contribution is -2.36. The molecule has 2 N–H and O–H groups in total. The second-order valence-electron chi connectivity index (χ2n) is 7.51. The van der Waals surface area contributed by atoms with Gasteiger partial charge in [0.25, 0.3) is 5.91 Å². The van der Waals surface area contributed by atoms with Crippen molar-refractivity contribution in [1.82, 2.24) is 20.0 Å². The van der Waals surface area contributed by atoms with E-state index in [-0.39, 0.29) is 0 Å². The quantitative estimate of drug-likeness (QED) is 0.911. The molecular weight excluding hydrogens is 328 g/mol. The van der Waals surface area contributed by atoms with E-state index in [1.165, 1.54) is 25.7 Å². The Hall–Kier alpha value is -2.44. The zero-order valence-electron chi connectivity index (χ0n) is 15.3. The van der Waals surface area contributed by atoms with E-state index >= 15 is 0 Å².